The largest absolute Gasteiger partial charge is 0.383 e. The number of nitrogens with one attached hydrogen (secondary N) is 1. The van der Waals surface area contributed by atoms with Crippen LogP contribution in [0.3, 0.4) is 0 Å². The number of rotatable bonds is 3. The van der Waals surface area contributed by atoms with Gasteiger partial charge < -0.3 is 10.6 Å². The van der Waals surface area contributed by atoms with Gasteiger partial charge >= 0.3 is 0 Å². The van der Waals surface area contributed by atoms with Crippen LogP contribution in [0.1, 0.15) is 16.9 Å². The van der Waals surface area contributed by atoms with Gasteiger partial charge in [-0.2, -0.15) is 0 Å². The molecule has 0 atom stereocenters. The van der Waals surface area contributed by atoms with Crippen LogP contribution in [0.5, 0.6) is 0 Å². The van der Waals surface area contributed by atoms with Gasteiger partial charge in [0.25, 0.3) is 0 Å². The van der Waals surface area contributed by atoms with Crippen molar-refractivity contribution in [3.05, 3.63) is 28.3 Å². The summed E-state index contributed by atoms with van der Waals surface area (Å²) >= 11 is 1.44. The molecular formula is C10H12N3OS. The summed E-state index contributed by atoms with van der Waals surface area (Å²) in [5.41, 5.74) is 6.42. The Labute approximate surface area is 92.2 Å². The zero-order valence-corrected chi connectivity index (χ0v) is 9.01. The molecule has 79 valence electrons. The number of nitrogens with zero attached hydrogens (tertiary/aromatic N) is 1. The van der Waals surface area contributed by atoms with Crippen molar-refractivity contribution in [2.75, 3.05) is 6.54 Å². The standard InChI is InChI=1S/C10H12N3OS/c11-10(12)8-4-7(6-15-8)5-13-3-1-2-9(13)14/h2,4,6H,1,3,5H2,(H3,11,12). The molecular weight excluding hydrogens is 210 g/mol. The van der Waals surface area contributed by atoms with Crippen LogP contribution in [-0.4, -0.2) is 23.2 Å². The number of nitrogen functional groups attached to an aromatic ring is 1. The fraction of sp³-hybridized carbons (Fsp3) is 0.300. The molecule has 1 amide bonds. The van der Waals surface area contributed by atoms with E-state index in [9.17, 15) is 4.79 Å². The van der Waals surface area contributed by atoms with Gasteiger partial charge in [0.1, 0.15) is 5.84 Å². The van der Waals surface area contributed by atoms with Crippen molar-refractivity contribution in [2.45, 2.75) is 13.0 Å². The average molecular weight is 222 g/mol. The number of carbonyl (C=O) groups is 1. The van der Waals surface area contributed by atoms with Crippen LogP contribution in [0.25, 0.3) is 0 Å². The third-order valence-corrected chi connectivity index (χ3v) is 3.33. The van der Waals surface area contributed by atoms with Crippen LogP contribution in [0.2, 0.25) is 0 Å². The highest BCUT2D eigenvalue weighted by Gasteiger charge is 2.20. The lowest BCUT2D eigenvalue weighted by Gasteiger charge is -2.13. The summed E-state index contributed by atoms with van der Waals surface area (Å²) in [5.74, 6) is 0.191. The molecule has 2 rings (SSSR count). The molecule has 4 nitrogen and oxygen atoms in total. The first-order valence-electron chi connectivity index (χ1n) is 4.71. The molecule has 1 aliphatic rings. The van der Waals surface area contributed by atoms with Crippen LogP contribution in [0, 0.1) is 11.8 Å². The van der Waals surface area contributed by atoms with E-state index in [2.05, 4.69) is 0 Å². The molecule has 5 heteroatoms. The smallest absolute Gasteiger partial charge is 0.226 e. The summed E-state index contributed by atoms with van der Waals surface area (Å²) in [5, 5.41) is 9.22. The van der Waals surface area contributed by atoms with E-state index in [1.165, 1.54) is 11.3 Å². The summed E-state index contributed by atoms with van der Waals surface area (Å²) < 4.78 is 0. The van der Waals surface area contributed by atoms with Gasteiger partial charge in [-0.25, -0.2) is 0 Å². The van der Waals surface area contributed by atoms with Gasteiger partial charge in [0.15, 0.2) is 0 Å². The van der Waals surface area contributed by atoms with E-state index in [4.69, 9.17) is 11.1 Å². The Bertz CT molecular complexity index is 399. The van der Waals surface area contributed by atoms with Crippen molar-refractivity contribution < 1.29 is 4.79 Å². The zero-order valence-electron chi connectivity index (χ0n) is 8.19. The maximum atomic E-state index is 11.3. The van der Waals surface area contributed by atoms with Gasteiger partial charge in [-0.3, -0.25) is 10.2 Å². The number of thiophene rings is 1. The minimum atomic E-state index is 0.0885. The number of hydrogen-bond acceptors (Lipinski definition) is 3. The Morgan fingerprint density at radius 2 is 2.47 bits per heavy atom. The van der Waals surface area contributed by atoms with E-state index in [0.717, 1.165) is 23.4 Å². The molecule has 1 fully saturated rings. The van der Waals surface area contributed by atoms with Crippen molar-refractivity contribution in [3.63, 3.8) is 0 Å². The Balaban J connectivity index is 2.04. The molecule has 2 heterocycles. The molecule has 0 unspecified atom stereocenters. The fourth-order valence-electron chi connectivity index (χ4n) is 1.56. The highest BCUT2D eigenvalue weighted by Crippen LogP contribution is 2.18. The SMILES string of the molecule is N=C(N)c1cc(CN2CC[CH]C2=O)cs1. The minimum absolute atomic E-state index is 0.0885. The maximum Gasteiger partial charge on any atom is 0.226 e. The van der Waals surface area contributed by atoms with Crippen LogP contribution in [0.15, 0.2) is 11.4 Å². The van der Waals surface area contributed by atoms with E-state index in [0.29, 0.717) is 6.54 Å². The van der Waals surface area contributed by atoms with Gasteiger partial charge in [0, 0.05) is 13.1 Å². The minimum Gasteiger partial charge on any atom is -0.383 e. The summed E-state index contributed by atoms with van der Waals surface area (Å²) in [6.45, 7) is 1.42. The Kier molecular flexibility index (Phi) is 2.73. The number of carbonyl (C=O) groups excluding carboxylic acids is 1. The topological polar surface area (TPSA) is 70.2 Å². The molecule has 1 aromatic heterocycles. The molecule has 0 aromatic carbocycles. The first kappa shape index (κ1) is 10.2. The quantitative estimate of drug-likeness (QED) is 0.591. The number of hydrogen-bond donors (Lipinski definition) is 2. The van der Waals surface area contributed by atoms with Crippen molar-refractivity contribution in [1.29, 1.82) is 5.41 Å². The summed E-state index contributed by atoms with van der Waals surface area (Å²) in [6.07, 6.45) is 2.54. The van der Waals surface area contributed by atoms with Gasteiger partial charge in [-0.15, -0.1) is 11.3 Å². The number of amides is 1. The van der Waals surface area contributed by atoms with Crippen LogP contribution < -0.4 is 5.73 Å². The normalized spacial score (nSPS) is 16.0. The lowest BCUT2D eigenvalue weighted by Crippen LogP contribution is -2.23. The predicted octanol–water partition coefficient (Wildman–Crippen LogP) is 0.969. The number of amidine groups is 1. The average Bonchev–Trinajstić information content (AvgIpc) is 2.77. The molecule has 1 radical (unpaired) electrons. The maximum absolute atomic E-state index is 11.3. The highest BCUT2D eigenvalue weighted by atomic mass is 32.1. The van der Waals surface area contributed by atoms with E-state index >= 15 is 0 Å². The Morgan fingerprint density at radius 3 is 3.00 bits per heavy atom. The summed E-state index contributed by atoms with van der Waals surface area (Å²) in [4.78, 5) is 13.9. The van der Waals surface area contributed by atoms with Gasteiger partial charge in [0.05, 0.1) is 11.3 Å². The van der Waals surface area contributed by atoms with E-state index < -0.39 is 0 Å². The monoisotopic (exact) mass is 222 g/mol. The number of nitrogens with two attached hydrogens (primary N) is 1. The summed E-state index contributed by atoms with van der Waals surface area (Å²) in [7, 11) is 0. The summed E-state index contributed by atoms with van der Waals surface area (Å²) in [6, 6.07) is 1.87. The predicted molar refractivity (Wildman–Crippen MR) is 59.7 cm³/mol. The van der Waals surface area contributed by atoms with Gasteiger partial charge in [-0.05, 0) is 23.4 Å². The third kappa shape index (κ3) is 2.18. The fourth-order valence-corrected chi connectivity index (χ4v) is 2.33. The first-order valence-corrected chi connectivity index (χ1v) is 5.58. The molecule has 1 saturated heterocycles. The molecule has 0 bridgehead atoms. The molecule has 15 heavy (non-hydrogen) atoms. The van der Waals surface area contributed by atoms with Gasteiger partial charge in [0.2, 0.25) is 5.91 Å². The van der Waals surface area contributed by atoms with Crippen molar-refractivity contribution >= 4 is 23.1 Å². The van der Waals surface area contributed by atoms with E-state index in [1.807, 2.05) is 11.4 Å². The molecule has 0 spiro atoms. The van der Waals surface area contributed by atoms with Crippen molar-refractivity contribution in [1.82, 2.24) is 4.90 Å². The molecule has 0 aliphatic carbocycles. The molecule has 1 aliphatic heterocycles. The van der Waals surface area contributed by atoms with E-state index in [-0.39, 0.29) is 11.7 Å². The lowest BCUT2D eigenvalue weighted by molar-refractivity contribution is -0.125. The van der Waals surface area contributed by atoms with Crippen LogP contribution in [-0.2, 0) is 11.3 Å². The van der Waals surface area contributed by atoms with Crippen LogP contribution >= 0.6 is 11.3 Å². The second kappa shape index (κ2) is 4.02. The molecule has 1 aromatic rings. The van der Waals surface area contributed by atoms with E-state index in [1.54, 1.807) is 11.3 Å². The highest BCUT2D eigenvalue weighted by molar-refractivity contribution is 7.12. The van der Waals surface area contributed by atoms with Crippen molar-refractivity contribution in [2.24, 2.45) is 5.73 Å². The third-order valence-electron chi connectivity index (χ3n) is 2.32. The first-order chi connectivity index (χ1) is 7.16. The Hall–Kier alpha value is -1.36. The number of likely N-dealkylation sites (tertiary alicyclic amines) is 1. The zero-order chi connectivity index (χ0) is 10.8. The lowest BCUT2D eigenvalue weighted by atomic mass is 10.3. The molecule has 0 saturated carbocycles. The molecule has 3 N–H and O–H groups in total. The Morgan fingerprint density at radius 1 is 1.67 bits per heavy atom. The van der Waals surface area contributed by atoms with Crippen LogP contribution in [0.4, 0.5) is 0 Å². The second-order valence-corrected chi connectivity index (χ2v) is 4.40. The van der Waals surface area contributed by atoms with Gasteiger partial charge in [-0.1, -0.05) is 0 Å². The van der Waals surface area contributed by atoms with Crippen molar-refractivity contribution in [3.8, 4) is 0 Å². The second-order valence-electron chi connectivity index (χ2n) is 3.49.